The van der Waals surface area contributed by atoms with Crippen molar-refractivity contribution in [1.82, 2.24) is 15.6 Å². The third kappa shape index (κ3) is 11.1. The molecule has 1 aromatic rings. The van der Waals surface area contributed by atoms with E-state index in [1.165, 1.54) is 38.5 Å². The lowest BCUT2D eigenvalue weighted by Crippen LogP contribution is -2.38. The molecule has 1 aromatic heterocycles. The van der Waals surface area contributed by atoms with E-state index in [9.17, 15) is 0 Å². The second-order valence-corrected chi connectivity index (χ2v) is 7.24. The van der Waals surface area contributed by atoms with Crippen molar-refractivity contribution in [3.05, 3.63) is 29.0 Å². The SMILES string of the molecule is CN=C(NCCCCCOC1CCCCC1)NCCc1ccc(Cl)nc1.I. The van der Waals surface area contributed by atoms with Crippen LogP contribution in [-0.2, 0) is 11.2 Å². The van der Waals surface area contributed by atoms with Crippen molar-refractivity contribution in [2.45, 2.75) is 63.9 Å². The van der Waals surface area contributed by atoms with Gasteiger partial charge in [0.25, 0.3) is 0 Å². The maximum absolute atomic E-state index is 5.96. The van der Waals surface area contributed by atoms with Crippen LogP contribution >= 0.6 is 35.6 Å². The third-order valence-electron chi connectivity index (χ3n) is 4.74. The average Bonchev–Trinajstić information content (AvgIpc) is 2.68. The third-order valence-corrected chi connectivity index (χ3v) is 4.96. The Kier molecular flexibility index (Phi) is 13.9. The highest BCUT2D eigenvalue weighted by atomic mass is 127. The Balaban J connectivity index is 0.00000364. The van der Waals surface area contributed by atoms with Crippen LogP contribution in [0.25, 0.3) is 0 Å². The molecule has 1 saturated carbocycles. The maximum Gasteiger partial charge on any atom is 0.190 e. The minimum atomic E-state index is 0. The van der Waals surface area contributed by atoms with Crippen molar-refractivity contribution in [3.8, 4) is 0 Å². The summed E-state index contributed by atoms with van der Waals surface area (Å²) in [5.41, 5.74) is 1.16. The maximum atomic E-state index is 5.96. The van der Waals surface area contributed by atoms with Gasteiger partial charge in [-0.3, -0.25) is 4.99 Å². The van der Waals surface area contributed by atoms with E-state index in [1.54, 1.807) is 7.05 Å². The largest absolute Gasteiger partial charge is 0.378 e. The van der Waals surface area contributed by atoms with Crippen LogP contribution in [-0.4, -0.2) is 43.8 Å². The van der Waals surface area contributed by atoms with E-state index in [0.29, 0.717) is 11.3 Å². The number of unbranched alkanes of at least 4 members (excludes halogenated alkanes) is 2. The molecular formula is C20H34ClIN4O. The van der Waals surface area contributed by atoms with Gasteiger partial charge in [0.2, 0.25) is 0 Å². The molecule has 0 bridgehead atoms. The fourth-order valence-corrected chi connectivity index (χ4v) is 3.30. The minimum absolute atomic E-state index is 0. The summed E-state index contributed by atoms with van der Waals surface area (Å²) in [7, 11) is 1.80. The van der Waals surface area contributed by atoms with Gasteiger partial charge < -0.3 is 15.4 Å². The highest BCUT2D eigenvalue weighted by molar-refractivity contribution is 14.0. The number of aromatic nitrogens is 1. The number of aliphatic imine (C=N–C) groups is 1. The summed E-state index contributed by atoms with van der Waals surface area (Å²) in [5, 5.41) is 7.23. The van der Waals surface area contributed by atoms with E-state index in [0.717, 1.165) is 50.5 Å². The predicted molar refractivity (Wildman–Crippen MR) is 124 cm³/mol. The molecule has 7 heteroatoms. The number of pyridine rings is 1. The van der Waals surface area contributed by atoms with Crippen LogP contribution in [0, 0.1) is 0 Å². The highest BCUT2D eigenvalue weighted by Crippen LogP contribution is 2.20. The zero-order valence-electron chi connectivity index (χ0n) is 16.4. The number of hydrogen-bond acceptors (Lipinski definition) is 3. The van der Waals surface area contributed by atoms with Crippen LogP contribution in [0.2, 0.25) is 5.15 Å². The minimum Gasteiger partial charge on any atom is -0.378 e. The molecule has 154 valence electrons. The van der Waals surface area contributed by atoms with Crippen LogP contribution in [0.5, 0.6) is 0 Å². The first kappa shape index (κ1) is 24.4. The molecule has 2 N–H and O–H groups in total. The molecule has 0 saturated heterocycles. The lowest BCUT2D eigenvalue weighted by atomic mass is 9.98. The summed E-state index contributed by atoms with van der Waals surface area (Å²) >= 11 is 5.80. The molecule has 0 amide bonds. The van der Waals surface area contributed by atoms with Gasteiger partial charge in [-0.25, -0.2) is 4.98 Å². The molecule has 2 rings (SSSR count). The number of nitrogens with one attached hydrogen (secondary N) is 2. The van der Waals surface area contributed by atoms with Crippen LogP contribution in [0.1, 0.15) is 56.9 Å². The highest BCUT2D eigenvalue weighted by Gasteiger charge is 2.12. The second kappa shape index (κ2) is 15.3. The molecular weight excluding hydrogens is 475 g/mol. The monoisotopic (exact) mass is 508 g/mol. The predicted octanol–water partition coefficient (Wildman–Crippen LogP) is 4.58. The van der Waals surface area contributed by atoms with Crippen molar-refractivity contribution in [2.24, 2.45) is 4.99 Å². The second-order valence-electron chi connectivity index (χ2n) is 6.86. The number of rotatable bonds is 10. The number of hydrogen-bond donors (Lipinski definition) is 2. The molecule has 1 fully saturated rings. The molecule has 0 spiro atoms. The molecule has 0 aliphatic heterocycles. The van der Waals surface area contributed by atoms with Crippen molar-refractivity contribution >= 4 is 41.5 Å². The lowest BCUT2D eigenvalue weighted by Gasteiger charge is -2.21. The summed E-state index contributed by atoms with van der Waals surface area (Å²) in [4.78, 5) is 8.35. The van der Waals surface area contributed by atoms with Gasteiger partial charge in [0, 0.05) is 32.9 Å². The Hall–Kier alpha value is -0.600. The van der Waals surface area contributed by atoms with E-state index in [2.05, 4.69) is 20.6 Å². The molecule has 1 aliphatic carbocycles. The Morgan fingerprint density at radius 2 is 1.93 bits per heavy atom. The molecule has 0 aromatic carbocycles. The van der Waals surface area contributed by atoms with Crippen molar-refractivity contribution in [1.29, 1.82) is 0 Å². The van der Waals surface area contributed by atoms with Gasteiger partial charge >= 0.3 is 0 Å². The van der Waals surface area contributed by atoms with Crippen LogP contribution in [0.15, 0.2) is 23.3 Å². The fourth-order valence-electron chi connectivity index (χ4n) is 3.19. The molecule has 5 nitrogen and oxygen atoms in total. The Morgan fingerprint density at radius 1 is 1.15 bits per heavy atom. The quantitative estimate of drug-likeness (QED) is 0.160. The number of nitrogens with zero attached hydrogens (tertiary/aromatic N) is 2. The van der Waals surface area contributed by atoms with Gasteiger partial charge in [-0.15, -0.1) is 24.0 Å². The Bertz CT molecular complexity index is 521. The van der Waals surface area contributed by atoms with Crippen LogP contribution in [0.4, 0.5) is 0 Å². The number of guanidine groups is 1. The molecule has 1 aliphatic rings. The molecule has 27 heavy (non-hydrogen) atoms. The standard InChI is InChI=1S/C20H33ClN4O.HI/c1-22-20(24-14-12-17-10-11-19(21)25-16-17)23-13-6-3-7-15-26-18-8-4-2-5-9-18;/h10-11,16,18H,2-9,12-15H2,1H3,(H2,22,23,24);1H. The van der Waals surface area contributed by atoms with E-state index in [-0.39, 0.29) is 24.0 Å². The van der Waals surface area contributed by atoms with Crippen molar-refractivity contribution in [2.75, 3.05) is 26.7 Å². The van der Waals surface area contributed by atoms with Gasteiger partial charge in [0.15, 0.2) is 5.96 Å². The van der Waals surface area contributed by atoms with Gasteiger partial charge in [-0.1, -0.05) is 36.9 Å². The van der Waals surface area contributed by atoms with E-state index < -0.39 is 0 Å². The fraction of sp³-hybridized carbons (Fsp3) is 0.700. The molecule has 0 atom stereocenters. The first-order valence-electron chi connectivity index (χ1n) is 9.94. The topological polar surface area (TPSA) is 58.5 Å². The van der Waals surface area contributed by atoms with Crippen molar-refractivity contribution < 1.29 is 4.74 Å². The van der Waals surface area contributed by atoms with Gasteiger partial charge in [-0.2, -0.15) is 0 Å². The van der Waals surface area contributed by atoms with E-state index in [1.807, 2.05) is 18.3 Å². The van der Waals surface area contributed by atoms with E-state index >= 15 is 0 Å². The average molecular weight is 509 g/mol. The van der Waals surface area contributed by atoms with Crippen molar-refractivity contribution in [3.63, 3.8) is 0 Å². The smallest absolute Gasteiger partial charge is 0.190 e. The van der Waals surface area contributed by atoms with E-state index in [4.69, 9.17) is 16.3 Å². The Labute approximate surface area is 186 Å². The summed E-state index contributed by atoms with van der Waals surface area (Å²) in [6.07, 6.45) is 13.3. The van der Waals surface area contributed by atoms with Crippen LogP contribution < -0.4 is 10.6 Å². The summed E-state index contributed by atoms with van der Waals surface area (Å²) in [5.74, 6) is 0.852. The number of halogens is 2. The summed E-state index contributed by atoms with van der Waals surface area (Å²) in [6, 6.07) is 3.82. The number of ether oxygens (including phenoxy) is 1. The molecule has 0 unspecified atom stereocenters. The molecule has 0 radical (unpaired) electrons. The van der Waals surface area contributed by atoms with Gasteiger partial charge in [-0.05, 0) is 50.2 Å². The summed E-state index contributed by atoms with van der Waals surface area (Å²) in [6.45, 7) is 2.66. The van der Waals surface area contributed by atoms with Crippen LogP contribution in [0.3, 0.4) is 0 Å². The van der Waals surface area contributed by atoms with Gasteiger partial charge in [0.05, 0.1) is 6.10 Å². The first-order valence-corrected chi connectivity index (χ1v) is 10.3. The van der Waals surface area contributed by atoms with Gasteiger partial charge in [0.1, 0.15) is 5.15 Å². The normalized spacial score (nSPS) is 15.3. The zero-order valence-corrected chi connectivity index (χ0v) is 19.5. The summed E-state index contributed by atoms with van der Waals surface area (Å²) < 4.78 is 5.96. The first-order chi connectivity index (χ1) is 12.8. The zero-order chi connectivity index (χ0) is 18.5. The lowest BCUT2D eigenvalue weighted by molar-refractivity contribution is 0.0264. The Morgan fingerprint density at radius 3 is 2.63 bits per heavy atom. The molecule has 1 heterocycles.